The van der Waals surface area contributed by atoms with Gasteiger partial charge in [-0.2, -0.15) is 0 Å². The molecule has 0 radical (unpaired) electrons. The summed E-state index contributed by atoms with van der Waals surface area (Å²) in [6.07, 6.45) is 1.09. The first-order valence-electron chi connectivity index (χ1n) is 10.9. The van der Waals surface area contributed by atoms with Crippen LogP contribution in [0.4, 0.5) is 0 Å². The van der Waals surface area contributed by atoms with Gasteiger partial charge in [-0.15, -0.1) is 0 Å². The number of benzene rings is 2. The first-order valence-corrected chi connectivity index (χ1v) is 10.9. The second-order valence-electron chi connectivity index (χ2n) is 10.5. The van der Waals surface area contributed by atoms with Crippen molar-refractivity contribution in [2.24, 2.45) is 5.92 Å². The van der Waals surface area contributed by atoms with Gasteiger partial charge in [0, 0.05) is 12.0 Å². The van der Waals surface area contributed by atoms with Crippen LogP contribution in [0.15, 0.2) is 48.5 Å². The van der Waals surface area contributed by atoms with Crippen LogP contribution in [-0.4, -0.2) is 12.2 Å². The third-order valence-corrected chi connectivity index (χ3v) is 5.46. The van der Waals surface area contributed by atoms with E-state index in [1.165, 1.54) is 16.7 Å². The minimum Gasteiger partial charge on any atom is -0.488 e. The minimum atomic E-state index is -0.274. The summed E-state index contributed by atoms with van der Waals surface area (Å²) in [5.74, 6) is 1.57. The lowest BCUT2D eigenvalue weighted by Crippen LogP contribution is -2.24. The molecule has 0 aromatic heterocycles. The van der Waals surface area contributed by atoms with Crippen molar-refractivity contribution in [3.8, 4) is 5.75 Å². The van der Waals surface area contributed by atoms with Gasteiger partial charge in [0.05, 0.1) is 5.60 Å². The van der Waals surface area contributed by atoms with Crippen molar-refractivity contribution in [1.29, 1.82) is 0 Å². The van der Waals surface area contributed by atoms with Crippen LogP contribution in [0, 0.1) is 5.92 Å². The predicted octanol–water partition coefficient (Wildman–Crippen LogP) is 7.49. The van der Waals surface area contributed by atoms with Crippen LogP contribution in [-0.2, 0) is 15.8 Å². The van der Waals surface area contributed by atoms with Crippen molar-refractivity contribution in [1.82, 2.24) is 0 Å². The van der Waals surface area contributed by atoms with Crippen LogP contribution >= 0.6 is 0 Å². The predicted molar refractivity (Wildman–Crippen MR) is 124 cm³/mol. The van der Waals surface area contributed by atoms with E-state index in [0.29, 0.717) is 5.92 Å². The zero-order chi connectivity index (χ0) is 21.9. The zero-order valence-electron chi connectivity index (χ0n) is 19.9. The highest BCUT2D eigenvalue weighted by Gasteiger charge is 2.26. The molecule has 2 rings (SSSR count). The summed E-state index contributed by atoms with van der Waals surface area (Å²) < 4.78 is 12.1. The fourth-order valence-corrected chi connectivity index (χ4v) is 3.38. The van der Waals surface area contributed by atoms with Crippen molar-refractivity contribution < 1.29 is 9.47 Å². The Morgan fingerprint density at radius 1 is 0.690 bits per heavy atom. The highest BCUT2D eigenvalue weighted by molar-refractivity contribution is 5.41. The molecule has 2 aromatic rings. The minimum absolute atomic E-state index is 0.0819. The molecule has 2 nitrogen and oxygen atoms in total. The van der Waals surface area contributed by atoms with E-state index in [-0.39, 0.29) is 16.6 Å². The molecular formula is C27H40O2. The Labute approximate surface area is 178 Å². The average molecular weight is 397 g/mol. The van der Waals surface area contributed by atoms with Crippen LogP contribution in [0.1, 0.15) is 85.4 Å². The quantitative estimate of drug-likeness (QED) is 0.460. The highest BCUT2D eigenvalue weighted by atomic mass is 16.5. The summed E-state index contributed by atoms with van der Waals surface area (Å²) >= 11 is 0. The topological polar surface area (TPSA) is 18.5 Å². The van der Waals surface area contributed by atoms with Crippen molar-refractivity contribution in [2.75, 3.05) is 6.61 Å². The highest BCUT2D eigenvalue weighted by Crippen LogP contribution is 2.34. The number of hydrogen-bond acceptors (Lipinski definition) is 2. The molecule has 29 heavy (non-hydrogen) atoms. The molecule has 0 bridgehead atoms. The van der Waals surface area contributed by atoms with Crippen LogP contribution in [0.3, 0.4) is 0 Å². The second-order valence-corrected chi connectivity index (χ2v) is 10.5. The zero-order valence-corrected chi connectivity index (χ0v) is 19.9. The summed E-state index contributed by atoms with van der Waals surface area (Å²) in [6, 6.07) is 17.4. The largest absolute Gasteiger partial charge is 0.488 e. The molecule has 0 aliphatic rings. The third kappa shape index (κ3) is 6.60. The molecule has 0 heterocycles. The van der Waals surface area contributed by atoms with Gasteiger partial charge in [-0.05, 0) is 75.8 Å². The van der Waals surface area contributed by atoms with Gasteiger partial charge in [0.15, 0.2) is 0 Å². The molecule has 0 N–H and O–H groups in total. The van der Waals surface area contributed by atoms with Crippen molar-refractivity contribution in [3.63, 3.8) is 0 Å². The summed E-state index contributed by atoms with van der Waals surface area (Å²) in [5, 5.41) is 0. The van der Waals surface area contributed by atoms with E-state index in [1.54, 1.807) is 0 Å². The van der Waals surface area contributed by atoms with E-state index in [9.17, 15) is 0 Å². The number of ether oxygens (including phenoxy) is 2. The Hall–Kier alpha value is -1.80. The second kappa shape index (κ2) is 8.92. The van der Waals surface area contributed by atoms with Gasteiger partial charge in [0.1, 0.15) is 11.4 Å². The Kier molecular flexibility index (Phi) is 7.22. The lowest BCUT2D eigenvalue weighted by atomic mass is 9.77. The molecule has 0 fully saturated rings. The Morgan fingerprint density at radius 2 is 1.14 bits per heavy atom. The van der Waals surface area contributed by atoms with Crippen molar-refractivity contribution >= 4 is 0 Å². The molecule has 2 aromatic carbocycles. The molecule has 0 aliphatic heterocycles. The third-order valence-electron chi connectivity index (χ3n) is 5.46. The summed E-state index contributed by atoms with van der Waals surface area (Å²) in [7, 11) is 0. The lowest BCUT2D eigenvalue weighted by Gasteiger charge is -2.30. The first kappa shape index (κ1) is 23.5. The van der Waals surface area contributed by atoms with Gasteiger partial charge >= 0.3 is 0 Å². The molecule has 0 atom stereocenters. The maximum atomic E-state index is 6.18. The number of hydrogen-bond donors (Lipinski definition) is 0. The summed E-state index contributed by atoms with van der Waals surface area (Å²) in [4.78, 5) is 0. The molecule has 0 spiro atoms. The molecular weight excluding hydrogens is 356 g/mol. The van der Waals surface area contributed by atoms with E-state index in [4.69, 9.17) is 9.47 Å². The maximum Gasteiger partial charge on any atom is 0.120 e. The van der Waals surface area contributed by atoms with Crippen molar-refractivity contribution in [2.45, 2.75) is 85.4 Å². The molecule has 0 amide bonds. The fraction of sp³-hybridized carbons (Fsp3) is 0.556. The molecule has 2 heteroatoms. The molecule has 0 saturated carbocycles. The lowest BCUT2D eigenvalue weighted by molar-refractivity contribution is -0.0262. The van der Waals surface area contributed by atoms with E-state index < -0.39 is 0 Å². The van der Waals surface area contributed by atoms with Gasteiger partial charge in [0.25, 0.3) is 0 Å². The normalized spacial score (nSPS) is 13.0. The molecule has 160 valence electrons. The summed E-state index contributed by atoms with van der Waals surface area (Å²) in [6.45, 7) is 20.3. The van der Waals surface area contributed by atoms with Gasteiger partial charge in [0.2, 0.25) is 0 Å². The summed E-state index contributed by atoms with van der Waals surface area (Å²) in [5.41, 5.74) is 3.25. The Morgan fingerprint density at radius 3 is 1.59 bits per heavy atom. The van der Waals surface area contributed by atoms with Crippen molar-refractivity contribution in [3.05, 3.63) is 65.2 Å². The molecule has 0 saturated heterocycles. The standard InChI is InChI=1S/C27H40O2/c1-20(2)18-19-28-27(8,9)23-12-10-21(11-13-23)26(6,7)22-14-16-24(17-15-22)29-25(3,4)5/h10-17,20H,18-19H2,1-9H3. The maximum absolute atomic E-state index is 6.18. The van der Waals surface area contributed by atoms with Crippen LogP contribution in [0.5, 0.6) is 5.75 Å². The van der Waals surface area contributed by atoms with Crippen LogP contribution in [0.25, 0.3) is 0 Å². The number of rotatable bonds is 8. The monoisotopic (exact) mass is 396 g/mol. The fourth-order valence-electron chi connectivity index (χ4n) is 3.38. The van der Waals surface area contributed by atoms with Crippen LogP contribution < -0.4 is 4.74 Å². The molecule has 0 aliphatic carbocycles. The van der Waals surface area contributed by atoms with Gasteiger partial charge in [-0.1, -0.05) is 64.1 Å². The van der Waals surface area contributed by atoms with E-state index >= 15 is 0 Å². The van der Waals surface area contributed by atoms with Gasteiger partial charge in [-0.3, -0.25) is 0 Å². The van der Waals surface area contributed by atoms with Gasteiger partial charge < -0.3 is 9.47 Å². The first-order chi connectivity index (χ1) is 13.3. The smallest absolute Gasteiger partial charge is 0.120 e. The van der Waals surface area contributed by atoms with Crippen LogP contribution in [0.2, 0.25) is 0 Å². The molecule has 0 unspecified atom stereocenters. The average Bonchev–Trinajstić information content (AvgIpc) is 2.60. The van der Waals surface area contributed by atoms with E-state index in [0.717, 1.165) is 18.8 Å². The Bertz CT molecular complexity index is 760. The Balaban J connectivity index is 2.15. The van der Waals surface area contributed by atoms with E-state index in [1.807, 2.05) is 0 Å². The SMILES string of the molecule is CC(C)CCOC(C)(C)c1ccc(C(C)(C)c2ccc(OC(C)(C)C)cc2)cc1. The van der Waals surface area contributed by atoms with Gasteiger partial charge in [-0.25, -0.2) is 0 Å². The van der Waals surface area contributed by atoms with E-state index in [2.05, 4.69) is 111 Å².